The predicted molar refractivity (Wildman–Crippen MR) is 28.7 cm³/mol. The number of hydrogen-bond acceptors (Lipinski definition) is 5. The van der Waals surface area contributed by atoms with Crippen molar-refractivity contribution in [1.29, 1.82) is 0 Å². The molecule has 0 saturated heterocycles. The van der Waals surface area contributed by atoms with Gasteiger partial charge in [0.05, 0.1) is 7.11 Å². The van der Waals surface area contributed by atoms with E-state index in [1.807, 2.05) is 5.48 Å². The van der Waals surface area contributed by atoms with Crippen molar-refractivity contribution in [3.8, 4) is 0 Å². The molecule has 0 aliphatic rings. The van der Waals surface area contributed by atoms with Crippen LogP contribution in [0.1, 0.15) is 10.6 Å². The first-order valence-corrected chi connectivity index (χ1v) is 2.41. The predicted octanol–water partition coefficient (Wildman–Crippen LogP) is -1.51. The number of carbonyl (C=O) groups is 1. The third-order valence-corrected chi connectivity index (χ3v) is 0.743. The summed E-state index contributed by atoms with van der Waals surface area (Å²) < 4.78 is 0. The zero-order valence-corrected chi connectivity index (χ0v) is 5.16. The summed E-state index contributed by atoms with van der Waals surface area (Å²) in [5.74, 6) is -0.585. The third kappa shape index (κ3) is 1.26. The Morgan fingerprint density at radius 1 is 1.80 bits per heavy atom. The van der Waals surface area contributed by atoms with E-state index < -0.39 is 5.91 Å². The van der Waals surface area contributed by atoms with Gasteiger partial charge in [0.25, 0.3) is 5.82 Å². The molecule has 54 valence electrons. The minimum absolute atomic E-state index is 0.0538. The number of carbonyl (C=O) groups excluding carboxylic acids is 1. The molecular formula is C3H5N5O2. The normalized spacial score (nSPS) is 9.30. The van der Waals surface area contributed by atoms with Crippen LogP contribution in [0.2, 0.25) is 0 Å². The quantitative estimate of drug-likeness (QED) is 0.491. The van der Waals surface area contributed by atoms with E-state index in [2.05, 4.69) is 25.5 Å². The fourth-order valence-electron chi connectivity index (χ4n) is 0.396. The second-order valence-corrected chi connectivity index (χ2v) is 1.37. The molecule has 2 N–H and O–H groups in total. The number of rotatable bonds is 2. The van der Waals surface area contributed by atoms with Crippen molar-refractivity contribution in [2.75, 3.05) is 7.11 Å². The smallest absolute Gasteiger partial charge is 0.277 e. The number of H-pyrrole nitrogens is 1. The maximum Gasteiger partial charge on any atom is 0.316 e. The van der Waals surface area contributed by atoms with E-state index in [4.69, 9.17) is 0 Å². The second-order valence-electron chi connectivity index (χ2n) is 1.37. The highest BCUT2D eigenvalue weighted by molar-refractivity contribution is 5.89. The van der Waals surface area contributed by atoms with Gasteiger partial charge < -0.3 is 0 Å². The van der Waals surface area contributed by atoms with Crippen LogP contribution in [0.3, 0.4) is 0 Å². The molecule has 10 heavy (non-hydrogen) atoms. The molecule has 0 aliphatic carbocycles. The number of aromatic nitrogens is 4. The van der Waals surface area contributed by atoms with Crippen LogP contribution < -0.4 is 5.48 Å². The number of hydroxylamine groups is 1. The van der Waals surface area contributed by atoms with Crippen molar-refractivity contribution in [3.63, 3.8) is 0 Å². The Balaban J connectivity index is 2.59. The molecule has 7 heteroatoms. The largest absolute Gasteiger partial charge is 0.316 e. The molecule has 1 rings (SSSR count). The average Bonchev–Trinajstić information content (AvgIpc) is 2.38. The van der Waals surface area contributed by atoms with Crippen LogP contribution in [-0.4, -0.2) is 33.6 Å². The highest BCUT2D eigenvalue weighted by Gasteiger charge is 2.08. The van der Waals surface area contributed by atoms with Gasteiger partial charge in [0.1, 0.15) is 0 Å². The van der Waals surface area contributed by atoms with Gasteiger partial charge in [-0.05, 0) is 5.21 Å². The Kier molecular flexibility index (Phi) is 1.90. The first-order valence-electron chi connectivity index (χ1n) is 2.41. The Hall–Kier alpha value is -1.50. The lowest BCUT2D eigenvalue weighted by molar-refractivity contribution is 0.0526. The van der Waals surface area contributed by atoms with Gasteiger partial charge in [-0.2, -0.15) is 5.21 Å². The summed E-state index contributed by atoms with van der Waals surface area (Å²) in [6.07, 6.45) is 0. The zero-order valence-electron chi connectivity index (χ0n) is 5.16. The van der Waals surface area contributed by atoms with Gasteiger partial charge in [-0.3, -0.25) is 9.63 Å². The van der Waals surface area contributed by atoms with E-state index in [9.17, 15) is 4.79 Å². The average molecular weight is 143 g/mol. The first-order chi connectivity index (χ1) is 4.84. The number of aromatic amines is 1. The molecule has 1 amide bonds. The lowest BCUT2D eigenvalue weighted by Gasteiger charge is -1.93. The molecular weight excluding hydrogens is 138 g/mol. The standard InChI is InChI=1S/C3H5N5O2/c1-10-6-3(9)2-4-7-8-5-2/h1H3,(H,6,9)(H,4,5,7,8). The van der Waals surface area contributed by atoms with E-state index in [1.54, 1.807) is 0 Å². The molecule has 0 unspecified atom stereocenters. The Bertz CT molecular complexity index is 207. The Labute approximate surface area is 55.7 Å². The number of tetrazole rings is 1. The summed E-state index contributed by atoms with van der Waals surface area (Å²) in [7, 11) is 1.32. The minimum atomic E-state index is -0.531. The van der Waals surface area contributed by atoms with Crippen molar-refractivity contribution in [2.24, 2.45) is 0 Å². The van der Waals surface area contributed by atoms with Gasteiger partial charge in [0, 0.05) is 0 Å². The van der Waals surface area contributed by atoms with Crippen molar-refractivity contribution >= 4 is 5.91 Å². The highest BCUT2D eigenvalue weighted by atomic mass is 16.6. The van der Waals surface area contributed by atoms with Crippen LogP contribution in [0.25, 0.3) is 0 Å². The van der Waals surface area contributed by atoms with Crippen LogP contribution in [0.15, 0.2) is 0 Å². The fraction of sp³-hybridized carbons (Fsp3) is 0.333. The lowest BCUT2D eigenvalue weighted by Crippen LogP contribution is -2.23. The van der Waals surface area contributed by atoms with Gasteiger partial charge >= 0.3 is 5.91 Å². The Morgan fingerprint density at radius 3 is 3.10 bits per heavy atom. The molecule has 1 aromatic heterocycles. The zero-order chi connectivity index (χ0) is 7.40. The summed E-state index contributed by atoms with van der Waals surface area (Å²) in [5, 5.41) is 12.1. The molecule has 7 nitrogen and oxygen atoms in total. The molecule has 0 fully saturated rings. The molecule has 1 aromatic rings. The van der Waals surface area contributed by atoms with Crippen LogP contribution in [0.5, 0.6) is 0 Å². The maximum atomic E-state index is 10.7. The SMILES string of the molecule is CONC(=O)c1nn[nH]n1. The molecule has 0 radical (unpaired) electrons. The van der Waals surface area contributed by atoms with Crippen molar-refractivity contribution in [2.45, 2.75) is 0 Å². The molecule has 0 aromatic carbocycles. The van der Waals surface area contributed by atoms with E-state index in [-0.39, 0.29) is 5.82 Å². The maximum absolute atomic E-state index is 10.7. The number of hydrogen-bond donors (Lipinski definition) is 2. The lowest BCUT2D eigenvalue weighted by atomic mass is 10.6. The first kappa shape index (κ1) is 6.62. The summed E-state index contributed by atoms with van der Waals surface area (Å²) in [4.78, 5) is 15.0. The fourth-order valence-corrected chi connectivity index (χ4v) is 0.396. The molecule has 0 saturated carbocycles. The van der Waals surface area contributed by atoms with Gasteiger partial charge in [-0.1, -0.05) is 0 Å². The molecule has 1 heterocycles. The van der Waals surface area contributed by atoms with Gasteiger partial charge in [0.15, 0.2) is 0 Å². The summed E-state index contributed by atoms with van der Waals surface area (Å²) >= 11 is 0. The van der Waals surface area contributed by atoms with Crippen LogP contribution in [0, 0.1) is 0 Å². The van der Waals surface area contributed by atoms with Crippen molar-refractivity contribution in [1.82, 2.24) is 26.1 Å². The van der Waals surface area contributed by atoms with Crippen LogP contribution in [-0.2, 0) is 4.84 Å². The monoisotopic (exact) mass is 143 g/mol. The Morgan fingerprint density at radius 2 is 2.60 bits per heavy atom. The third-order valence-electron chi connectivity index (χ3n) is 0.743. The summed E-state index contributed by atoms with van der Waals surface area (Å²) in [5.41, 5.74) is 2.02. The van der Waals surface area contributed by atoms with Gasteiger partial charge in [0.2, 0.25) is 0 Å². The van der Waals surface area contributed by atoms with E-state index in [0.29, 0.717) is 0 Å². The van der Waals surface area contributed by atoms with Gasteiger partial charge in [-0.25, -0.2) is 5.48 Å². The van der Waals surface area contributed by atoms with Crippen molar-refractivity contribution < 1.29 is 9.63 Å². The second kappa shape index (κ2) is 2.87. The molecule has 0 spiro atoms. The van der Waals surface area contributed by atoms with E-state index >= 15 is 0 Å². The van der Waals surface area contributed by atoms with Gasteiger partial charge in [-0.15, -0.1) is 10.2 Å². The topological polar surface area (TPSA) is 92.8 Å². The summed E-state index contributed by atoms with van der Waals surface area (Å²) in [6, 6.07) is 0. The number of amides is 1. The van der Waals surface area contributed by atoms with E-state index in [1.165, 1.54) is 7.11 Å². The molecule has 0 atom stereocenters. The minimum Gasteiger partial charge on any atom is -0.277 e. The number of nitrogens with zero attached hydrogens (tertiary/aromatic N) is 3. The number of nitrogens with one attached hydrogen (secondary N) is 2. The van der Waals surface area contributed by atoms with Crippen molar-refractivity contribution in [3.05, 3.63) is 5.82 Å². The molecule has 0 bridgehead atoms. The summed E-state index contributed by atoms with van der Waals surface area (Å²) in [6.45, 7) is 0. The van der Waals surface area contributed by atoms with Crippen LogP contribution in [0.4, 0.5) is 0 Å². The van der Waals surface area contributed by atoms with E-state index in [0.717, 1.165) is 0 Å². The molecule has 0 aliphatic heterocycles. The van der Waals surface area contributed by atoms with Crippen LogP contribution >= 0.6 is 0 Å². The highest BCUT2D eigenvalue weighted by Crippen LogP contribution is 1.80.